The number of nitrogens with zero attached hydrogens (tertiary/aromatic N) is 1. The topological polar surface area (TPSA) is 29.5 Å². The first-order valence-corrected chi connectivity index (χ1v) is 7.24. The van der Waals surface area contributed by atoms with Gasteiger partial charge in [0.15, 0.2) is 6.10 Å². The van der Waals surface area contributed by atoms with Crippen LogP contribution in [0.3, 0.4) is 0 Å². The number of rotatable bonds is 5. The minimum atomic E-state index is -0.534. The van der Waals surface area contributed by atoms with Gasteiger partial charge in [-0.25, -0.2) is 0 Å². The number of para-hydroxylation sites is 1. The Morgan fingerprint density at radius 2 is 1.90 bits per heavy atom. The largest absolute Gasteiger partial charge is 0.481 e. The van der Waals surface area contributed by atoms with Crippen LogP contribution in [-0.4, -0.2) is 19.1 Å². The summed E-state index contributed by atoms with van der Waals surface area (Å²) in [5.41, 5.74) is 0.843. The number of hydrogen-bond acceptors (Lipinski definition) is 2. The highest BCUT2D eigenvalue weighted by atomic mass is 35.5. The molecule has 0 radical (unpaired) electrons. The molecule has 2 aromatic carbocycles. The molecule has 0 unspecified atom stereocenters. The molecule has 0 saturated carbocycles. The van der Waals surface area contributed by atoms with Gasteiger partial charge in [0, 0.05) is 17.8 Å². The Balaban J connectivity index is 2.12. The molecule has 21 heavy (non-hydrogen) atoms. The maximum atomic E-state index is 12.5. The molecule has 0 aliphatic carbocycles. The summed E-state index contributed by atoms with van der Waals surface area (Å²) in [5.74, 6) is 0.521. The lowest BCUT2D eigenvalue weighted by atomic mass is 10.2. The first-order valence-electron chi connectivity index (χ1n) is 6.86. The van der Waals surface area contributed by atoms with Crippen molar-refractivity contribution in [1.82, 2.24) is 0 Å². The standard InChI is InChI=1S/C17H18ClNO2/c1-3-16(21-15-11-7-8-13(18)12-15)17(20)19(2)14-9-5-4-6-10-14/h4-12,16H,3H2,1-2H3/t16-/m1/s1. The van der Waals surface area contributed by atoms with E-state index in [2.05, 4.69) is 0 Å². The van der Waals surface area contributed by atoms with Crippen molar-refractivity contribution in [3.63, 3.8) is 0 Å². The zero-order valence-electron chi connectivity index (χ0n) is 12.1. The lowest BCUT2D eigenvalue weighted by Crippen LogP contribution is -2.39. The molecule has 0 bridgehead atoms. The molecule has 4 heteroatoms. The van der Waals surface area contributed by atoms with E-state index in [1.807, 2.05) is 37.3 Å². The highest BCUT2D eigenvalue weighted by Gasteiger charge is 2.23. The maximum Gasteiger partial charge on any atom is 0.267 e. The number of likely N-dealkylation sites (N-methyl/N-ethyl adjacent to an activating group) is 1. The van der Waals surface area contributed by atoms with Gasteiger partial charge in [0.1, 0.15) is 5.75 Å². The van der Waals surface area contributed by atoms with Crippen molar-refractivity contribution in [2.24, 2.45) is 0 Å². The molecule has 0 N–H and O–H groups in total. The van der Waals surface area contributed by atoms with E-state index in [4.69, 9.17) is 16.3 Å². The number of halogens is 1. The lowest BCUT2D eigenvalue weighted by Gasteiger charge is -2.24. The highest BCUT2D eigenvalue weighted by Crippen LogP contribution is 2.21. The maximum absolute atomic E-state index is 12.5. The van der Waals surface area contributed by atoms with Crippen LogP contribution in [-0.2, 0) is 4.79 Å². The van der Waals surface area contributed by atoms with Crippen LogP contribution < -0.4 is 9.64 Å². The summed E-state index contributed by atoms with van der Waals surface area (Å²) in [6.45, 7) is 1.92. The van der Waals surface area contributed by atoms with Crippen molar-refractivity contribution < 1.29 is 9.53 Å². The van der Waals surface area contributed by atoms with E-state index in [0.29, 0.717) is 17.2 Å². The van der Waals surface area contributed by atoms with E-state index in [0.717, 1.165) is 5.69 Å². The molecule has 0 aliphatic rings. The second kappa shape index (κ2) is 7.14. The molecule has 0 heterocycles. The molecule has 0 aromatic heterocycles. The third kappa shape index (κ3) is 3.99. The molecular weight excluding hydrogens is 286 g/mol. The van der Waals surface area contributed by atoms with E-state index in [1.54, 1.807) is 36.2 Å². The Morgan fingerprint density at radius 1 is 1.19 bits per heavy atom. The lowest BCUT2D eigenvalue weighted by molar-refractivity contribution is -0.125. The predicted molar refractivity (Wildman–Crippen MR) is 86.0 cm³/mol. The van der Waals surface area contributed by atoms with Crippen LogP contribution in [0.15, 0.2) is 54.6 Å². The molecule has 3 nitrogen and oxygen atoms in total. The average Bonchev–Trinajstić information content (AvgIpc) is 2.52. The quantitative estimate of drug-likeness (QED) is 0.830. The summed E-state index contributed by atoms with van der Waals surface area (Å²) < 4.78 is 5.77. The Morgan fingerprint density at radius 3 is 2.52 bits per heavy atom. The normalized spacial score (nSPS) is 11.8. The number of ether oxygens (including phenoxy) is 1. The summed E-state index contributed by atoms with van der Waals surface area (Å²) >= 11 is 5.93. The molecular formula is C17H18ClNO2. The number of benzene rings is 2. The first kappa shape index (κ1) is 15.4. The first-order chi connectivity index (χ1) is 10.1. The minimum absolute atomic E-state index is 0.0799. The van der Waals surface area contributed by atoms with Crippen LogP contribution in [0, 0.1) is 0 Å². The number of amides is 1. The van der Waals surface area contributed by atoms with Crippen LogP contribution in [0.25, 0.3) is 0 Å². The van der Waals surface area contributed by atoms with Gasteiger partial charge < -0.3 is 9.64 Å². The van der Waals surface area contributed by atoms with E-state index < -0.39 is 6.10 Å². The monoisotopic (exact) mass is 303 g/mol. The van der Waals surface area contributed by atoms with Crippen LogP contribution in [0.2, 0.25) is 5.02 Å². The van der Waals surface area contributed by atoms with Crippen LogP contribution in [0.4, 0.5) is 5.69 Å². The predicted octanol–water partition coefficient (Wildman–Crippen LogP) is 4.16. The van der Waals surface area contributed by atoms with Crippen molar-refractivity contribution in [2.75, 3.05) is 11.9 Å². The Hall–Kier alpha value is -2.00. The number of anilines is 1. The summed E-state index contributed by atoms with van der Waals surface area (Å²) in [5, 5.41) is 0.589. The van der Waals surface area contributed by atoms with Gasteiger partial charge >= 0.3 is 0 Å². The molecule has 0 spiro atoms. The van der Waals surface area contributed by atoms with Gasteiger partial charge in [-0.3, -0.25) is 4.79 Å². The fraction of sp³-hybridized carbons (Fsp3) is 0.235. The van der Waals surface area contributed by atoms with E-state index in [-0.39, 0.29) is 5.91 Å². The number of carbonyl (C=O) groups excluding carboxylic acids is 1. The third-order valence-electron chi connectivity index (χ3n) is 3.19. The zero-order valence-corrected chi connectivity index (χ0v) is 12.9. The van der Waals surface area contributed by atoms with E-state index in [9.17, 15) is 4.79 Å². The van der Waals surface area contributed by atoms with Crippen LogP contribution >= 0.6 is 11.6 Å². The van der Waals surface area contributed by atoms with Gasteiger partial charge in [-0.15, -0.1) is 0 Å². The molecule has 2 rings (SSSR count). The summed E-state index contributed by atoms with van der Waals surface area (Å²) in [7, 11) is 1.75. The summed E-state index contributed by atoms with van der Waals surface area (Å²) in [4.78, 5) is 14.1. The van der Waals surface area contributed by atoms with Gasteiger partial charge in [-0.2, -0.15) is 0 Å². The summed E-state index contributed by atoms with van der Waals surface area (Å²) in [6.07, 6.45) is 0.0522. The molecule has 1 atom stereocenters. The zero-order chi connectivity index (χ0) is 15.2. The van der Waals surface area contributed by atoms with Crippen LogP contribution in [0.5, 0.6) is 5.75 Å². The Bertz CT molecular complexity index is 601. The van der Waals surface area contributed by atoms with Gasteiger partial charge in [0.25, 0.3) is 5.91 Å². The second-order valence-electron chi connectivity index (χ2n) is 4.70. The molecule has 0 saturated heterocycles. The molecule has 110 valence electrons. The van der Waals surface area contributed by atoms with Crippen molar-refractivity contribution in [2.45, 2.75) is 19.4 Å². The van der Waals surface area contributed by atoms with Crippen molar-refractivity contribution >= 4 is 23.2 Å². The van der Waals surface area contributed by atoms with Gasteiger partial charge in [0.05, 0.1) is 0 Å². The third-order valence-corrected chi connectivity index (χ3v) is 3.43. The highest BCUT2D eigenvalue weighted by molar-refractivity contribution is 6.30. The van der Waals surface area contributed by atoms with Crippen molar-refractivity contribution in [3.8, 4) is 5.75 Å². The van der Waals surface area contributed by atoms with Crippen molar-refractivity contribution in [1.29, 1.82) is 0 Å². The minimum Gasteiger partial charge on any atom is -0.481 e. The fourth-order valence-electron chi connectivity index (χ4n) is 2.01. The van der Waals surface area contributed by atoms with Crippen LogP contribution in [0.1, 0.15) is 13.3 Å². The molecule has 1 amide bonds. The van der Waals surface area contributed by atoms with Gasteiger partial charge in [0.2, 0.25) is 0 Å². The number of carbonyl (C=O) groups is 1. The van der Waals surface area contributed by atoms with Crippen molar-refractivity contribution in [3.05, 3.63) is 59.6 Å². The molecule has 2 aromatic rings. The molecule has 0 fully saturated rings. The Kier molecular flexibility index (Phi) is 5.23. The van der Waals surface area contributed by atoms with Gasteiger partial charge in [-0.05, 0) is 36.8 Å². The second-order valence-corrected chi connectivity index (χ2v) is 5.14. The molecule has 0 aliphatic heterocycles. The number of hydrogen-bond donors (Lipinski definition) is 0. The van der Waals surface area contributed by atoms with E-state index >= 15 is 0 Å². The SMILES string of the molecule is CC[C@@H](Oc1cccc(Cl)c1)C(=O)N(C)c1ccccc1. The fourth-order valence-corrected chi connectivity index (χ4v) is 2.19. The average molecular weight is 304 g/mol. The van der Waals surface area contributed by atoms with Gasteiger partial charge in [-0.1, -0.05) is 42.8 Å². The van der Waals surface area contributed by atoms with E-state index in [1.165, 1.54) is 0 Å². The Labute approximate surface area is 130 Å². The smallest absolute Gasteiger partial charge is 0.267 e. The summed E-state index contributed by atoms with van der Waals surface area (Å²) in [6, 6.07) is 16.6.